The van der Waals surface area contributed by atoms with Crippen LogP contribution in [0.15, 0.2) is 85.5 Å². The summed E-state index contributed by atoms with van der Waals surface area (Å²) in [4.78, 5) is 25.4. The molecule has 1 amide bonds. The summed E-state index contributed by atoms with van der Waals surface area (Å²) in [6.45, 7) is 9.08. The summed E-state index contributed by atoms with van der Waals surface area (Å²) >= 11 is 0. The van der Waals surface area contributed by atoms with Crippen molar-refractivity contribution < 1.29 is 18.7 Å². The van der Waals surface area contributed by atoms with Crippen LogP contribution in [0.3, 0.4) is 0 Å². The summed E-state index contributed by atoms with van der Waals surface area (Å²) in [6.07, 6.45) is 3.74. The van der Waals surface area contributed by atoms with E-state index in [1.165, 1.54) is 6.07 Å². The summed E-state index contributed by atoms with van der Waals surface area (Å²) in [5, 5.41) is 20.2. The van der Waals surface area contributed by atoms with Gasteiger partial charge in [-0.25, -0.2) is 14.4 Å². The molecule has 1 atom stereocenters. The number of carbonyl (C=O) groups excluding carboxylic acids is 1. The Morgan fingerprint density at radius 1 is 1.13 bits per heavy atom. The molecule has 0 spiro atoms. The third kappa shape index (κ3) is 6.55. The van der Waals surface area contributed by atoms with E-state index in [-0.39, 0.29) is 24.2 Å². The number of amides is 1. The van der Waals surface area contributed by atoms with Crippen LogP contribution in [0.4, 0.5) is 10.1 Å². The molecule has 2 aliphatic heterocycles. The summed E-state index contributed by atoms with van der Waals surface area (Å²) in [6, 6.07) is 23.1. The fourth-order valence-corrected chi connectivity index (χ4v) is 6.61. The van der Waals surface area contributed by atoms with Crippen LogP contribution in [0, 0.1) is 24.1 Å². The van der Waals surface area contributed by atoms with Crippen molar-refractivity contribution in [3.8, 4) is 11.9 Å². The maximum Gasteiger partial charge on any atom is 0.255 e. The number of nitrogens with one attached hydrogen (secondary N) is 2. The summed E-state index contributed by atoms with van der Waals surface area (Å²) in [7, 11) is 0. The van der Waals surface area contributed by atoms with E-state index in [1.807, 2.05) is 61.5 Å². The van der Waals surface area contributed by atoms with Gasteiger partial charge in [-0.3, -0.25) is 19.4 Å². The van der Waals surface area contributed by atoms with Crippen LogP contribution in [0.1, 0.15) is 51.5 Å². The number of imidazole rings is 1. The Balaban J connectivity index is 0.979. The topological polar surface area (TPSA) is 134 Å². The van der Waals surface area contributed by atoms with E-state index in [0.717, 1.165) is 64.3 Å². The normalized spacial score (nSPS) is 15.9. The van der Waals surface area contributed by atoms with Gasteiger partial charge in [-0.05, 0) is 73.5 Å². The molecule has 0 radical (unpaired) electrons. The molecule has 0 aliphatic carbocycles. The Morgan fingerprint density at radius 2 is 2.02 bits per heavy atom. The molecule has 1 fully saturated rings. The van der Waals surface area contributed by atoms with Crippen LogP contribution in [0.5, 0.6) is 5.88 Å². The molecule has 3 aromatic carbocycles. The number of H-pyrrole nitrogens is 1. The van der Waals surface area contributed by atoms with Crippen molar-refractivity contribution in [3.05, 3.63) is 125 Å². The van der Waals surface area contributed by atoms with E-state index in [0.29, 0.717) is 47.9 Å². The number of aromatic amines is 1. The van der Waals surface area contributed by atoms with Crippen molar-refractivity contribution in [3.63, 3.8) is 0 Å². The predicted octanol–water partition coefficient (Wildman–Crippen LogP) is 7.01. The second kappa shape index (κ2) is 13.9. The lowest BCUT2D eigenvalue weighted by Gasteiger charge is -2.31. The van der Waals surface area contributed by atoms with Crippen molar-refractivity contribution in [2.24, 2.45) is 0 Å². The number of benzene rings is 3. The molecule has 1 saturated heterocycles. The molecule has 8 rings (SSSR count). The van der Waals surface area contributed by atoms with Gasteiger partial charge in [-0.2, -0.15) is 10.4 Å². The Labute approximate surface area is 299 Å². The molecular formula is C40H35FN8O3. The Morgan fingerprint density at radius 3 is 2.79 bits per heavy atom. The number of aryl methyl sites for hydroxylation is 1. The number of anilines is 1. The number of hydrogen-bond acceptors (Lipinski definition) is 8. The lowest BCUT2D eigenvalue weighted by atomic mass is 10.0. The van der Waals surface area contributed by atoms with Gasteiger partial charge in [0.05, 0.1) is 53.1 Å². The highest BCUT2D eigenvalue weighted by atomic mass is 19.1. The highest BCUT2D eigenvalue weighted by Gasteiger charge is 2.27. The van der Waals surface area contributed by atoms with Crippen molar-refractivity contribution in [1.82, 2.24) is 29.6 Å². The van der Waals surface area contributed by atoms with Gasteiger partial charge in [-0.1, -0.05) is 24.8 Å². The lowest BCUT2D eigenvalue weighted by Crippen LogP contribution is -2.32. The number of carbonyl (C=O) groups is 1. The average Bonchev–Trinajstić information content (AvgIpc) is 3.69. The number of halogens is 1. The van der Waals surface area contributed by atoms with Crippen LogP contribution < -0.4 is 10.1 Å². The van der Waals surface area contributed by atoms with E-state index in [1.54, 1.807) is 18.2 Å². The van der Waals surface area contributed by atoms with E-state index < -0.39 is 5.82 Å². The molecule has 0 unspecified atom stereocenters. The number of fused-ring (bicyclic) bond motifs is 2. The first-order chi connectivity index (χ1) is 25.3. The number of nitriles is 1. The largest absolute Gasteiger partial charge is 0.473 e. The Hall–Kier alpha value is -6.16. The van der Waals surface area contributed by atoms with Crippen LogP contribution >= 0.6 is 0 Å². The SMILES string of the molecule is C=C([C@@H]1CCO1)n1c(CN2CC=C(c3cccc(OCc4ccc(C#N)cc4F)n3)CC2)nc2cc(C(=O)Nc3ccc4n[nH]c(C)c4c3)ccc21. The molecule has 5 heterocycles. The summed E-state index contributed by atoms with van der Waals surface area (Å²) in [5.74, 6) is 0.521. The smallest absolute Gasteiger partial charge is 0.255 e. The number of hydrogen-bond donors (Lipinski definition) is 2. The zero-order chi connectivity index (χ0) is 35.8. The first kappa shape index (κ1) is 33.0. The quantitative estimate of drug-likeness (QED) is 0.157. The van der Waals surface area contributed by atoms with Crippen LogP contribution in [0.25, 0.3) is 33.2 Å². The fraction of sp³-hybridized carbons (Fsp3) is 0.225. The van der Waals surface area contributed by atoms with Crippen LogP contribution in [-0.4, -0.2) is 61.3 Å². The van der Waals surface area contributed by atoms with Gasteiger partial charge in [0.1, 0.15) is 18.2 Å². The molecule has 11 nitrogen and oxygen atoms in total. The second-order valence-electron chi connectivity index (χ2n) is 13.0. The van der Waals surface area contributed by atoms with Gasteiger partial charge >= 0.3 is 0 Å². The van der Waals surface area contributed by atoms with Gasteiger partial charge < -0.3 is 14.8 Å². The number of nitrogens with zero attached hydrogens (tertiary/aromatic N) is 6. The van der Waals surface area contributed by atoms with Crippen LogP contribution in [-0.2, 0) is 17.9 Å². The van der Waals surface area contributed by atoms with Crippen molar-refractivity contribution in [2.75, 3.05) is 25.0 Å². The number of aromatic nitrogens is 5. The molecule has 2 aliphatic rings. The molecule has 52 heavy (non-hydrogen) atoms. The summed E-state index contributed by atoms with van der Waals surface area (Å²) < 4.78 is 28.1. The molecule has 6 aromatic rings. The third-order valence-corrected chi connectivity index (χ3v) is 9.62. The highest BCUT2D eigenvalue weighted by molar-refractivity contribution is 6.07. The van der Waals surface area contributed by atoms with Crippen molar-refractivity contribution >= 4 is 44.8 Å². The number of ether oxygens (including phenoxy) is 2. The predicted molar refractivity (Wildman–Crippen MR) is 196 cm³/mol. The maximum atomic E-state index is 14.4. The monoisotopic (exact) mass is 694 g/mol. The molecule has 260 valence electrons. The van der Waals surface area contributed by atoms with E-state index in [4.69, 9.17) is 19.7 Å². The van der Waals surface area contributed by atoms with E-state index in [2.05, 4.69) is 42.6 Å². The fourth-order valence-electron chi connectivity index (χ4n) is 6.61. The standard InChI is InChI=1S/C40H35FN8O3/c1-24-31-20-30(9-10-34(31)47-46-24)43-40(50)28-8-11-36-35(19-28)44-38(49(36)25(2)37-14-17-51-37)22-48-15-12-27(13-16-48)33-4-3-5-39(45-33)52-23-29-7-6-26(21-42)18-32(29)41/h3-12,18-20,37H,2,13-17,22-23H2,1H3,(H,43,50)(H,46,47)/t37-/m0/s1. The zero-order valence-corrected chi connectivity index (χ0v) is 28.5. The first-order valence-electron chi connectivity index (χ1n) is 17.1. The molecule has 0 bridgehead atoms. The zero-order valence-electron chi connectivity index (χ0n) is 28.5. The molecule has 2 N–H and O–H groups in total. The number of pyridine rings is 1. The first-order valence-corrected chi connectivity index (χ1v) is 17.1. The molecule has 12 heteroatoms. The Bertz CT molecular complexity index is 2440. The average molecular weight is 695 g/mol. The molecule has 3 aromatic heterocycles. The van der Waals surface area contributed by atoms with Crippen LogP contribution in [0.2, 0.25) is 0 Å². The van der Waals surface area contributed by atoms with E-state index in [9.17, 15) is 9.18 Å². The maximum absolute atomic E-state index is 14.4. The molecule has 0 saturated carbocycles. The van der Waals surface area contributed by atoms with Gasteiger partial charge in [0.25, 0.3) is 5.91 Å². The highest BCUT2D eigenvalue weighted by Crippen LogP contribution is 2.31. The second-order valence-corrected chi connectivity index (χ2v) is 13.0. The van der Waals surface area contributed by atoms with Gasteiger partial charge in [-0.15, -0.1) is 0 Å². The van der Waals surface area contributed by atoms with Gasteiger partial charge in [0, 0.05) is 59.2 Å². The minimum absolute atomic E-state index is 0.00712. The third-order valence-electron chi connectivity index (χ3n) is 9.62. The van der Waals surface area contributed by atoms with Gasteiger partial charge in [0.15, 0.2) is 0 Å². The summed E-state index contributed by atoms with van der Waals surface area (Å²) in [5.41, 5.74) is 7.92. The minimum atomic E-state index is -0.483. The van der Waals surface area contributed by atoms with Crippen molar-refractivity contribution in [2.45, 2.75) is 39.0 Å². The number of rotatable bonds is 10. The Kier molecular flexibility index (Phi) is 8.80. The van der Waals surface area contributed by atoms with Gasteiger partial charge in [0.2, 0.25) is 5.88 Å². The van der Waals surface area contributed by atoms with E-state index >= 15 is 0 Å². The minimum Gasteiger partial charge on any atom is -0.473 e. The van der Waals surface area contributed by atoms with Crippen molar-refractivity contribution in [1.29, 1.82) is 5.26 Å². The lowest BCUT2D eigenvalue weighted by molar-refractivity contribution is -0.0147. The molecular weight excluding hydrogens is 659 g/mol.